The maximum absolute atomic E-state index is 13.2. The van der Waals surface area contributed by atoms with Crippen molar-refractivity contribution < 1.29 is 4.74 Å². The van der Waals surface area contributed by atoms with Crippen molar-refractivity contribution in [2.45, 2.75) is 13.0 Å². The van der Waals surface area contributed by atoms with E-state index in [-0.39, 0.29) is 5.56 Å². The van der Waals surface area contributed by atoms with E-state index in [1.807, 2.05) is 24.3 Å². The molecule has 0 atom stereocenters. The number of nitrogens with two attached hydrogens (primary N) is 1. The van der Waals surface area contributed by atoms with Crippen LogP contribution in [0, 0.1) is 0 Å². The van der Waals surface area contributed by atoms with Gasteiger partial charge in [0.05, 0.1) is 22.9 Å². The Morgan fingerprint density at radius 1 is 1.15 bits per heavy atom. The van der Waals surface area contributed by atoms with Gasteiger partial charge in [-0.25, -0.2) is 4.98 Å². The summed E-state index contributed by atoms with van der Waals surface area (Å²) < 4.78 is 7.00. The third kappa shape index (κ3) is 3.41. The number of fused-ring (bicyclic) bond motifs is 1. The van der Waals surface area contributed by atoms with E-state index in [0.717, 1.165) is 4.88 Å². The van der Waals surface area contributed by atoms with E-state index in [1.165, 1.54) is 9.75 Å². The van der Waals surface area contributed by atoms with Gasteiger partial charge in [-0.2, -0.15) is 0 Å². The molecule has 2 N–H and O–H groups in total. The quantitative estimate of drug-likeness (QED) is 0.529. The molecule has 0 saturated carbocycles. The van der Waals surface area contributed by atoms with E-state index in [2.05, 4.69) is 17.5 Å². The van der Waals surface area contributed by atoms with Crippen LogP contribution in [-0.2, 0) is 6.54 Å². The molecule has 7 heteroatoms. The number of hydrogen-bond acceptors (Lipinski definition) is 6. The molecule has 0 aliphatic heterocycles. The number of methoxy groups -OCH3 is 1. The van der Waals surface area contributed by atoms with Crippen LogP contribution in [0.2, 0.25) is 0 Å². The molecule has 3 heterocycles. The molecule has 138 valence electrons. The van der Waals surface area contributed by atoms with E-state index in [0.29, 0.717) is 42.0 Å². The highest BCUT2D eigenvalue weighted by molar-refractivity contribution is 7.23. The first kappa shape index (κ1) is 17.9. The average molecular weight is 398 g/mol. The van der Waals surface area contributed by atoms with Gasteiger partial charge >= 0.3 is 0 Å². The highest BCUT2D eigenvalue weighted by atomic mass is 32.1. The van der Waals surface area contributed by atoms with Crippen LogP contribution in [0.3, 0.4) is 0 Å². The van der Waals surface area contributed by atoms with Gasteiger partial charge in [0, 0.05) is 16.3 Å². The van der Waals surface area contributed by atoms with Gasteiger partial charge in [0.25, 0.3) is 5.56 Å². The number of rotatable bonds is 6. The summed E-state index contributed by atoms with van der Waals surface area (Å²) in [6.45, 7) is 1.06. The Morgan fingerprint density at radius 3 is 2.74 bits per heavy atom. The fourth-order valence-electron chi connectivity index (χ4n) is 2.98. The maximum Gasteiger partial charge on any atom is 0.261 e. The molecule has 0 unspecified atom stereocenters. The lowest BCUT2D eigenvalue weighted by Gasteiger charge is -2.12. The summed E-state index contributed by atoms with van der Waals surface area (Å²) in [6.07, 6.45) is 0.715. The molecule has 0 bridgehead atoms. The van der Waals surface area contributed by atoms with Crippen molar-refractivity contribution in [2.24, 2.45) is 5.73 Å². The molecule has 1 aromatic carbocycles. The van der Waals surface area contributed by atoms with Gasteiger partial charge in [-0.3, -0.25) is 9.36 Å². The second-order valence-corrected chi connectivity index (χ2v) is 8.09. The van der Waals surface area contributed by atoms with E-state index in [1.54, 1.807) is 40.4 Å². The molecule has 0 aliphatic carbocycles. The Labute approximate surface area is 164 Å². The van der Waals surface area contributed by atoms with Crippen LogP contribution in [-0.4, -0.2) is 23.2 Å². The number of nitrogens with zero attached hydrogens (tertiary/aromatic N) is 2. The Balaban J connectivity index is 1.89. The van der Waals surface area contributed by atoms with Crippen LogP contribution in [0.15, 0.2) is 52.6 Å². The van der Waals surface area contributed by atoms with Crippen LogP contribution < -0.4 is 16.0 Å². The monoisotopic (exact) mass is 397 g/mol. The Kier molecular flexibility index (Phi) is 5.07. The molecule has 0 fully saturated rings. The third-order valence-electron chi connectivity index (χ3n) is 4.34. The molecular weight excluding hydrogens is 378 g/mol. The molecule has 4 aromatic rings. The second-order valence-electron chi connectivity index (χ2n) is 6.06. The molecule has 3 aromatic heterocycles. The highest BCUT2D eigenvalue weighted by Gasteiger charge is 2.15. The van der Waals surface area contributed by atoms with Crippen LogP contribution in [0.1, 0.15) is 6.42 Å². The summed E-state index contributed by atoms with van der Waals surface area (Å²) in [6, 6.07) is 13.7. The fourth-order valence-corrected chi connectivity index (χ4v) is 4.82. The van der Waals surface area contributed by atoms with Gasteiger partial charge in [-0.1, -0.05) is 6.07 Å². The van der Waals surface area contributed by atoms with Gasteiger partial charge < -0.3 is 10.5 Å². The van der Waals surface area contributed by atoms with E-state index in [9.17, 15) is 4.79 Å². The van der Waals surface area contributed by atoms with Crippen molar-refractivity contribution in [3.63, 3.8) is 0 Å². The lowest BCUT2D eigenvalue weighted by Crippen LogP contribution is -2.24. The zero-order valence-corrected chi connectivity index (χ0v) is 16.5. The SMILES string of the molecule is COc1ccc2nc(-c3ccc(-c4cccs4)s3)n(CCCN)c(=O)c2c1. The normalized spacial score (nSPS) is 11.2. The number of aromatic nitrogens is 2. The molecule has 0 saturated heterocycles. The van der Waals surface area contributed by atoms with Gasteiger partial charge in [0.2, 0.25) is 0 Å². The van der Waals surface area contributed by atoms with Crippen LogP contribution in [0.5, 0.6) is 5.75 Å². The van der Waals surface area contributed by atoms with Crippen molar-refractivity contribution in [3.05, 3.63) is 58.2 Å². The lowest BCUT2D eigenvalue weighted by atomic mass is 10.2. The number of hydrogen-bond donors (Lipinski definition) is 1. The number of thiophene rings is 2. The van der Waals surface area contributed by atoms with Gasteiger partial charge in [0.15, 0.2) is 5.82 Å². The van der Waals surface area contributed by atoms with Crippen LogP contribution >= 0.6 is 22.7 Å². The predicted octanol–water partition coefficient (Wildman–Crippen LogP) is 4.21. The van der Waals surface area contributed by atoms with Crippen LogP contribution in [0.4, 0.5) is 0 Å². The van der Waals surface area contributed by atoms with Gasteiger partial charge in [-0.05, 0) is 54.7 Å². The first-order valence-electron chi connectivity index (χ1n) is 8.64. The summed E-state index contributed by atoms with van der Waals surface area (Å²) in [4.78, 5) is 21.3. The summed E-state index contributed by atoms with van der Waals surface area (Å²) in [5, 5.41) is 2.62. The molecule has 0 amide bonds. The van der Waals surface area contributed by atoms with E-state index < -0.39 is 0 Å². The van der Waals surface area contributed by atoms with Crippen molar-refractivity contribution >= 4 is 33.6 Å². The second kappa shape index (κ2) is 7.64. The Hall–Kier alpha value is -2.48. The summed E-state index contributed by atoms with van der Waals surface area (Å²) >= 11 is 3.35. The number of benzene rings is 1. The van der Waals surface area contributed by atoms with Gasteiger partial charge in [-0.15, -0.1) is 22.7 Å². The third-order valence-corrected chi connectivity index (χ3v) is 6.48. The van der Waals surface area contributed by atoms with Crippen molar-refractivity contribution in [3.8, 4) is 26.2 Å². The average Bonchev–Trinajstić information content (AvgIpc) is 3.38. The molecule has 0 spiro atoms. The Bertz CT molecular complexity index is 1130. The highest BCUT2D eigenvalue weighted by Crippen LogP contribution is 2.36. The first-order chi connectivity index (χ1) is 13.2. The summed E-state index contributed by atoms with van der Waals surface area (Å²) in [7, 11) is 1.59. The zero-order chi connectivity index (χ0) is 18.8. The fraction of sp³-hybridized carbons (Fsp3) is 0.200. The molecule has 27 heavy (non-hydrogen) atoms. The molecule has 5 nitrogen and oxygen atoms in total. The maximum atomic E-state index is 13.2. The zero-order valence-electron chi connectivity index (χ0n) is 14.8. The van der Waals surface area contributed by atoms with Crippen LogP contribution in [0.25, 0.3) is 31.4 Å². The minimum atomic E-state index is -0.0616. The standard InChI is InChI=1S/C20H19N3O2S2/c1-25-13-5-6-15-14(12-13)20(24)23(10-3-9-21)19(22-15)18-8-7-17(27-18)16-4-2-11-26-16/h2,4-8,11-12H,3,9-10,21H2,1H3. The lowest BCUT2D eigenvalue weighted by molar-refractivity contribution is 0.415. The van der Waals surface area contributed by atoms with Crippen molar-refractivity contribution in [1.29, 1.82) is 0 Å². The summed E-state index contributed by atoms with van der Waals surface area (Å²) in [5.41, 5.74) is 6.30. The van der Waals surface area contributed by atoms with Gasteiger partial charge in [0.1, 0.15) is 5.75 Å². The first-order valence-corrected chi connectivity index (χ1v) is 10.3. The minimum absolute atomic E-state index is 0.0616. The van der Waals surface area contributed by atoms with E-state index >= 15 is 0 Å². The van der Waals surface area contributed by atoms with E-state index in [4.69, 9.17) is 15.5 Å². The molecule has 0 aliphatic rings. The molecule has 4 rings (SSSR count). The van der Waals surface area contributed by atoms with Crippen molar-refractivity contribution in [2.75, 3.05) is 13.7 Å². The molecular formula is C20H19N3O2S2. The topological polar surface area (TPSA) is 70.1 Å². The van der Waals surface area contributed by atoms with Crippen molar-refractivity contribution in [1.82, 2.24) is 9.55 Å². The number of ether oxygens (including phenoxy) is 1. The minimum Gasteiger partial charge on any atom is -0.497 e. The Morgan fingerprint density at radius 2 is 2.00 bits per heavy atom. The smallest absolute Gasteiger partial charge is 0.261 e. The summed E-state index contributed by atoms with van der Waals surface area (Å²) in [5.74, 6) is 1.34. The predicted molar refractivity (Wildman–Crippen MR) is 113 cm³/mol. The molecule has 0 radical (unpaired) electrons. The largest absolute Gasteiger partial charge is 0.497 e.